The standard InChI is InChI=1S/C13H13FN4/c1-9-11(8-18(2)17-9)7-16-12-4-3-10(6-15)13(14)5-12/h3-5,8,16H,7H2,1-2H3. The van der Waals surface area contributed by atoms with Crippen LogP contribution in [-0.2, 0) is 13.6 Å². The van der Waals surface area contributed by atoms with E-state index in [0.29, 0.717) is 12.2 Å². The minimum atomic E-state index is -0.509. The molecule has 18 heavy (non-hydrogen) atoms. The molecule has 1 aromatic heterocycles. The minimum absolute atomic E-state index is 0.0538. The summed E-state index contributed by atoms with van der Waals surface area (Å²) in [7, 11) is 1.86. The molecule has 0 bridgehead atoms. The van der Waals surface area contributed by atoms with Crippen LogP contribution in [0.3, 0.4) is 0 Å². The summed E-state index contributed by atoms with van der Waals surface area (Å²) in [6.45, 7) is 2.50. The second-order valence-corrected chi connectivity index (χ2v) is 4.07. The van der Waals surface area contributed by atoms with Crippen molar-refractivity contribution >= 4 is 5.69 Å². The normalized spacial score (nSPS) is 10.1. The monoisotopic (exact) mass is 244 g/mol. The Labute approximate surface area is 105 Å². The molecule has 0 saturated carbocycles. The predicted molar refractivity (Wildman–Crippen MR) is 66.4 cm³/mol. The van der Waals surface area contributed by atoms with Crippen molar-refractivity contribution in [2.45, 2.75) is 13.5 Å². The Morgan fingerprint density at radius 3 is 2.83 bits per heavy atom. The zero-order chi connectivity index (χ0) is 13.1. The first-order valence-electron chi connectivity index (χ1n) is 5.53. The van der Waals surface area contributed by atoms with Crippen LogP contribution < -0.4 is 5.32 Å². The lowest BCUT2D eigenvalue weighted by atomic mass is 10.2. The number of halogens is 1. The molecule has 2 aromatic rings. The molecule has 0 spiro atoms. The molecule has 4 nitrogen and oxygen atoms in total. The number of nitriles is 1. The van der Waals surface area contributed by atoms with Crippen LogP contribution in [0.15, 0.2) is 24.4 Å². The number of anilines is 1. The van der Waals surface area contributed by atoms with Gasteiger partial charge in [0.05, 0.1) is 11.3 Å². The van der Waals surface area contributed by atoms with Crippen molar-refractivity contribution in [3.63, 3.8) is 0 Å². The van der Waals surface area contributed by atoms with E-state index in [9.17, 15) is 4.39 Å². The zero-order valence-corrected chi connectivity index (χ0v) is 10.2. The SMILES string of the molecule is Cc1nn(C)cc1CNc1ccc(C#N)c(F)c1. The molecule has 92 valence electrons. The fourth-order valence-corrected chi connectivity index (χ4v) is 1.74. The molecule has 1 N–H and O–H groups in total. The van der Waals surface area contributed by atoms with E-state index in [1.807, 2.05) is 20.2 Å². The van der Waals surface area contributed by atoms with E-state index in [-0.39, 0.29) is 5.56 Å². The van der Waals surface area contributed by atoms with E-state index >= 15 is 0 Å². The first kappa shape index (κ1) is 12.1. The van der Waals surface area contributed by atoms with E-state index < -0.39 is 5.82 Å². The van der Waals surface area contributed by atoms with Crippen LogP contribution in [0.25, 0.3) is 0 Å². The molecule has 0 aliphatic carbocycles. The second kappa shape index (κ2) is 4.88. The van der Waals surface area contributed by atoms with Gasteiger partial charge in [-0.2, -0.15) is 10.4 Å². The molecule has 0 fully saturated rings. The summed E-state index contributed by atoms with van der Waals surface area (Å²) in [6, 6.07) is 6.27. The van der Waals surface area contributed by atoms with Crippen molar-refractivity contribution in [1.82, 2.24) is 9.78 Å². The molecular formula is C13H13FN4. The number of aryl methyl sites for hydroxylation is 2. The summed E-state index contributed by atoms with van der Waals surface area (Å²) < 4.78 is 15.1. The molecule has 5 heteroatoms. The van der Waals surface area contributed by atoms with Crippen LogP contribution in [0.5, 0.6) is 0 Å². The molecule has 0 atom stereocenters. The highest BCUT2D eigenvalue weighted by molar-refractivity contribution is 5.48. The molecular weight excluding hydrogens is 231 g/mol. The largest absolute Gasteiger partial charge is 0.381 e. The highest BCUT2D eigenvalue weighted by atomic mass is 19.1. The van der Waals surface area contributed by atoms with E-state index in [1.54, 1.807) is 16.8 Å². The third-order valence-corrected chi connectivity index (χ3v) is 2.69. The van der Waals surface area contributed by atoms with Crippen LogP contribution in [0.2, 0.25) is 0 Å². The van der Waals surface area contributed by atoms with Gasteiger partial charge in [-0.15, -0.1) is 0 Å². The van der Waals surface area contributed by atoms with Crippen molar-refractivity contribution in [2.24, 2.45) is 7.05 Å². The van der Waals surface area contributed by atoms with Crippen molar-refractivity contribution < 1.29 is 4.39 Å². The highest BCUT2D eigenvalue weighted by Gasteiger charge is 2.05. The molecule has 0 radical (unpaired) electrons. The van der Waals surface area contributed by atoms with Gasteiger partial charge in [0, 0.05) is 31.0 Å². The molecule has 1 aromatic carbocycles. The maximum atomic E-state index is 13.4. The third-order valence-electron chi connectivity index (χ3n) is 2.69. The number of benzene rings is 1. The van der Waals surface area contributed by atoms with Gasteiger partial charge in [-0.3, -0.25) is 4.68 Å². The number of hydrogen-bond donors (Lipinski definition) is 1. The Hall–Kier alpha value is -2.35. The Bertz CT molecular complexity index is 610. The smallest absolute Gasteiger partial charge is 0.143 e. The van der Waals surface area contributed by atoms with Gasteiger partial charge in [0.15, 0.2) is 0 Å². The van der Waals surface area contributed by atoms with Crippen LogP contribution in [0.4, 0.5) is 10.1 Å². The van der Waals surface area contributed by atoms with Crippen molar-refractivity contribution in [1.29, 1.82) is 5.26 Å². The average Bonchev–Trinajstić information content (AvgIpc) is 2.65. The van der Waals surface area contributed by atoms with E-state index in [1.165, 1.54) is 12.1 Å². The fourth-order valence-electron chi connectivity index (χ4n) is 1.74. The first-order valence-corrected chi connectivity index (χ1v) is 5.53. The topological polar surface area (TPSA) is 53.6 Å². The number of nitrogens with zero attached hydrogens (tertiary/aromatic N) is 3. The van der Waals surface area contributed by atoms with Crippen molar-refractivity contribution in [3.05, 3.63) is 47.0 Å². The summed E-state index contributed by atoms with van der Waals surface area (Å²) in [5.41, 5.74) is 2.70. The first-order chi connectivity index (χ1) is 8.60. The van der Waals surface area contributed by atoms with E-state index in [2.05, 4.69) is 10.4 Å². The molecule has 0 amide bonds. The average molecular weight is 244 g/mol. The molecule has 0 unspecified atom stereocenters. The molecule has 0 aliphatic heterocycles. The summed E-state index contributed by atoms with van der Waals surface area (Å²) in [4.78, 5) is 0. The molecule has 2 rings (SSSR count). The Kier molecular flexibility index (Phi) is 3.28. The van der Waals surface area contributed by atoms with Gasteiger partial charge >= 0.3 is 0 Å². The fraction of sp³-hybridized carbons (Fsp3) is 0.231. The predicted octanol–water partition coefficient (Wildman–Crippen LogP) is 2.35. The maximum absolute atomic E-state index is 13.4. The van der Waals surface area contributed by atoms with Crippen LogP contribution >= 0.6 is 0 Å². The lowest BCUT2D eigenvalue weighted by Crippen LogP contribution is -2.00. The van der Waals surface area contributed by atoms with Gasteiger partial charge < -0.3 is 5.32 Å². The van der Waals surface area contributed by atoms with Crippen LogP contribution in [0.1, 0.15) is 16.8 Å². The van der Waals surface area contributed by atoms with Crippen molar-refractivity contribution in [2.75, 3.05) is 5.32 Å². The van der Waals surface area contributed by atoms with Gasteiger partial charge in [-0.05, 0) is 25.1 Å². The summed E-state index contributed by atoms with van der Waals surface area (Å²) >= 11 is 0. The van der Waals surface area contributed by atoms with E-state index in [0.717, 1.165) is 11.3 Å². The Balaban J connectivity index is 2.09. The zero-order valence-electron chi connectivity index (χ0n) is 10.2. The molecule has 0 saturated heterocycles. The lowest BCUT2D eigenvalue weighted by Gasteiger charge is -2.06. The molecule has 0 aliphatic rings. The summed E-state index contributed by atoms with van der Waals surface area (Å²) in [5, 5.41) is 16.0. The van der Waals surface area contributed by atoms with Gasteiger partial charge in [0.25, 0.3) is 0 Å². The third kappa shape index (κ3) is 2.48. The summed E-state index contributed by atoms with van der Waals surface area (Å²) in [6.07, 6.45) is 1.92. The number of rotatable bonds is 3. The Morgan fingerprint density at radius 1 is 1.50 bits per heavy atom. The van der Waals surface area contributed by atoms with Gasteiger partial charge in [-0.1, -0.05) is 0 Å². The number of nitrogens with one attached hydrogen (secondary N) is 1. The second-order valence-electron chi connectivity index (χ2n) is 4.07. The maximum Gasteiger partial charge on any atom is 0.143 e. The van der Waals surface area contributed by atoms with Gasteiger partial charge in [-0.25, -0.2) is 4.39 Å². The minimum Gasteiger partial charge on any atom is -0.381 e. The Morgan fingerprint density at radius 2 is 2.28 bits per heavy atom. The highest BCUT2D eigenvalue weighted by Crippen LogP contribution is 2.15. The lowest BCUT2D eigenvalue weighted by molar-refractivity contribution is 0.624. The van der Waals surface area contributed by atoms with Crippen molar-refractivity contribution in [3.8, 4) is 6.07 Å². The number of hydrogen-bond acceptors (Lipinski definition) is 3. The quantitative estimate of drug-likeness (QED) is 0.901. The molecule has 1 heterocycles. The van der Waals surface area contributed by atoms with E-state index in [4.69, 9.17) is 5.26 Å². The van der Waals surface area contributed by atoms with Crippen LogP contribution in [-0.4, -0.2) is 9.78 Å². The van der Waals surface area contributed by atoms with Gasteiger partial charge in [0.2, 0.25) is 0 Å². The summed E-state index contributed by atoms with van der Waals surface area (Å²) in [5.74, 6) is -0.509. The van der Waals surface area contributed by atoms with Gasteiger partial charge in [0.1, 0.15) is 11.9 Å². The van der Waals surface area contributed by atoms with Crippen LogP contribution in [0, 0.1) is 24.1 Å². The number of aromatic nitrogens is 2.